The summed E-state index contributed by atoms with van der Waals surface area (Å²) in [7, 11) is 0. The minimum atomic E-state index is -1.22. The van der Waals surface area contributed by atoms with Gasteiger partial charge in [0, 0.05) is 5.56 Å². The smallest absolute Gasteiger partial charge is 0.421 e. The molecule has 0 aromatic heterocycles. The molecule has 0 N–H and O–H groups in total. The molecule has 0 atom stereocenters. The number of allylic oxidation sites excluding steroid dienone is 2. The average molecular weight is 355 g/mol. The number of fused-ring (bicyclic) bond motifs is 2. The van der Waals surface area contributed by atoms with Gasteiger partial charge in [-0.25, -0.2) is 9.69 Å². The van der Waals surface area contributed by atoms with Crippen LogP contribution in [-0.4, -0.2) is 30.0 Å². The molecule has 0 saturated heterocycles. The summed E-state index contributed by atoms with van der Waals surface area (Å²) in [6.07, 6.45) is 4.98. The van der Waals surface area contributed by atoms with Crippen molar-refractivity contribution in [3.05, 3.63) is 48.1 Å². The van der Waals surface area contributed by atoms with E-state index in [0.717, 1.165) is 4.90 Å². The number of amides is 2. The molecule has 2 aliphatic rings. The van der Waals surface area contributed by atoms with Crippen molar-refractivity contribution in [3.63, 3.8) is 0 Å². The van der Waals surface area contributed by atoms with E-state index in [9.17, 15) is 14.4 Å². The number of hydrogen-bond donors (Lipinski definition) is 0. The Morgan fingerprint density at radius 3 is 2.38 bits per heavy atom. The Morgan fingerprint density at radius 2 is 1.81 bits per heavy atom. The number of hydrogen-bond acceptors (Lipinski definition) is 5. The fourth-order valence-electron chi connectivity index (χ4n) is 3.06. The number of benzene rings is 1. The fourth-order valence-corrected chi connectivity index (χ4v) is 3.06. The fraction of sp³-hybridized carbons (Fsp3) is 0.350. The molecule has 0 radical (unpaired) electrons. The number of anilines is 1. The van der Waals surface area contributed by atoms with Gasteiger partial charge in [-0.05, 0) is 58.0 Å². The lowest BCUT2D eigenvalue weighted by Crippen LogP contribution is -2.44. The third-order valence-electron chi connectivity index (χ3n) is 4.12. The number of rotatable bonds is 2. The van der Waals surface area contributed by atoms with E-state index in [-0.39, 0.29) is 5.78 Å². The molecule has 1 spiro atoms. The third kappa shape index (κ3) is 2.92. The number of ketones is 1. The van der Waals surface area contributed by atoms with Crippen LogP contribution in [0.5, 0.6) is 5.75 Å². The van der Waals surface area contributed by atoms with Gasteiger partial charge in [0.1, 0.15) is 16.8 Å². The van der Waals surface area contributed by atoms with Crippen LogP contribution in [0.4, 0.5) is 10.5 Å². The molecule has 136 valence electrons. The molecule has 6 nitrogen and oxygen atoms in total. The lowest BCUT2D eigenvalue weighted by molar-refractivity contribution is -0.120. The molecule has 1 heterocycles. The molecule has 6 heteroatoms. The van der Waals surface area contributed by atoms with Gasteiger partial charge in [-0.2, -0.15) is 0 Å². The predicted molar refractivity (Wildman–Crippen MR) is 96.3 cm³/mol. The molecule has 0 saturated carbocycles. The Morgan fingerprint density at radius 1 is 1.15 bits per heavy atom. The van der Waals surface area contributed by atoms with Crippen molar-refractivity contribution in [2.45, 2.75) is 38.7 Å². The van der Waals surface area contributed by atoms with Gasteiger partial charge in [0.25, 0.3) is 5.91 Å². The highest BCUT2D eigenvalue weighted by atomic mass is 16.6. The maximum Gasteiger partial charge on any atom is 0.421 e. The average Bonchev–Trinajstić information content (AvgIpc) is 2.78. The zero-order chi connectivity index (χ0) is 19.1. The quantitative estimate of drug-likeness (QED) is 0.814. The zero-order valence-corrected chi connectivity index (χ0v) is 15.2. The molecule has 2 amide bonds. The topological polar surface area (TPSA) is 72.9 Å². The van der Waals surface area contributed by atoms with E-state index in [2.05, 4.69) is 0 Å². The molecule has 26 heavy (non-hydrogen) atoms. The van der Waals surface area contributed by atoms with Gasteiger partial charge < -0.3 is 9.47 Å². The van der Waals surface area contributed by atoms with Gasteiger partial charge in [-0.3, -0.25) is 9.59 Å². The first-order valence-electron chi connectivity index (χ1n) is 8.45. The SMILES string of the molecule is CCOc1ccc2c(c1)C1(C=CC(=O)C=C1)C(=O)N2C(=O)OC(C)(C)C. The summed E-state index contributed by atoms with van der Waals surface area (Å²) < 4.78 is 10.9. The van der Waals surface area contributed by atoms with E-state index in [4.69, 9.17) is 9.47 Å². The van der Waals surface area contributed by atoms with Crippen LogP contribution in [0.2, 0.25) is 0 Å². The molecule has 3 rings (SSSR count). The molecule has 0 bridgehead atoms. The Balaban J connectivity index is 2.13. The van der Waals surface area contributed by atoms with Crippen LogP contribution in [0.15, 0.2) is 42.5 Å². The molecule has 1 aliphatic heterocycles. The summed E-state index contributed by atoms with van der Waals surface area (Å²) in [6.45, 7) is 7.54. The zero-order valence-electron chi connectivity index (χ0n) is 15.2. The number of ether oxygens (including phenoxy) is 2. The highest BCUT2D eigenvalue weighted by Crippen LogP contribution is 2.47. The molecule has 1 aliphatic carbocycles. The summed E-state index contributed by atoms with van der Waals surface area (Å²) in [5.41, 5.74) is -0.948. The standard InChI is InChI=1S/C20H21NO5/c1-5-25-14-6-7-16-15(12-14)20(10-8-13(22)9-11-20)17(23)21(16)18(24)26-19(2,3)4/h6-12H,5H2,1-4H3. The van der Waals surface area contributed by atoms with Gasteiger partial charge in [0.05, 0.1) is 12.3 Å². The van der Waals surface area contributed by atoms with E-state index in [1.165, 1.54) is 24.3 Å². The highest BCUT2D eigenvalue weighted by Gasteiger charge is 2.52. The normalized spacial score (nSPS) is 17.6. The van der Waals surface area contributed by atoms with E-state index in [0.29, 0.717) is 23.6 Å². The van der Waals surface area contributed by atoms with Gasteiger partial charge in [0.15, 0.2) is 5.78 Å². The van der Waals surface area contributed by atoms with Gasteiger partial charge in [-0.1, -0.05) is 12.2 Å². The van der Waals surface area contributed by atoms with Gasteiger partial charge in [-0.15, -0.1) is 0 Å². The Labute approximate surface area is 152 Å². The minimum Gasteiger partial charge on any atom is -0.494 e. The third-order valence-corrected chi connectivity index (χ3v) is 4.12. The summed E-state index contributed by atoms with van der Waals surface area (Å²) in [4.78, 5) is 38.5. The maximum absolute atomic E-state index is 13.2. The second-order valence-corrected chi connectivity index (χ2v) is 7.17. The van der Waals surface area contributed by atoms with Crippen molar-refractivity contribution in [1.29, 1.82) is 0 Å². The molecular formula is C20H21NO5. The highest BCUT2D eigenvalue weighted by molar-refractivity contribution is 6.24. The van der Waals surface area contributed by atoms with Crippen LogP contribution in [0.25, 0.3) is 0 Å². The molecule has 1 aromatic rings. The van der Waals surface area contributed by atoms with Crippen molar-refractivity contribution in [2.24, 2.45) is 0 Å². The van der Waals surface area contributed by atoms with E-state index >= 15 is 0 Å². The molecule has 1 aromatic carbocycles. The van der Waals surface area contributed by atoms with Crippen LogP contribution in [0.1, 0.15) is 33.3 Å². The Bertz CT molecular complexity index is 828. The summed E-state index contributed by atoms with van der Waals surface area (Å²) in [6, 6.07) is 5.09. The van der Waals surface area contributed by atoms with Crippen molar-refractivity contribution < 1.29 is 23.9 Å². The lowest BCUT2D eigenvalue weighted by atomic mass is 9.78. The van der Waals surface area contributed by atoms with Gasteiger partial charge in [0.2, 0.25) is 0 Å². The lowest BCUT2D eigenvalue weighted by Gasteiger charge is -2.25. The van der Waals surface area contributed by atoms with Crippen molar-refractivity contribution in [3.8, 4) is 5.75 Å². The largest absolute Gasteiger partial charge is 0.494 e. The number of nitrogens with zero attached hydrogens (tertiary/aromatic N) is 1. The Hall–Kier alpha value is -2.89. The number of carbonyl (C=O) groups excluding carboxylic acids is 3. The first-order chi connectivity index (χ1) is 12.2. The van der Waals surface area contributed by atoms with Crippen LogP contribution < -0.4 is 9.64 Å². The summed E-state index contributed by atoms with van der Waals surface area (Å²) in [5, 5.41) is 0. The van der Waals surface area contributed by atoms with Crippen molar-refractivity contribution >= 4 is 23.5 Å². The van der Waals surface area contributed by atoms with Crippen molar-refractivity contribution in [2.75, 3.05) is 11.5 Å². The second kappa shape index (κ2) is 6.12. The van der Waals surface area contributed by atoms with Crippen LogP contribution >= 0.6 is 0 Å². The number of imide groups is 1. The van der Waals surface area contributed by atoms with Crippen LogP contribution in [0, 0.1) is 0 Å². The van der Waals surface area contributed by atoms with Gasteiger partial charge >= 0.3 is 6.09 Å². The predicted octanol–water partition coefficient (Wildman–Crippen LogP) is 3.30. The summed E-state index contributed by atoms with van der Waals surface area (Å²) in [5.74, 6) is -0.0970. The van der Waals surface area contributed by atoms with Crippen LogP contribution in [-0.2, 0) is 19.7 Å². The minimum absolute atomic E-state index is 0.207. The first-order valence-corrected chi connectivity index (χ1v) is 8.45. The molecule has 0 fully saturated rings. The van der Waals surface area contributed by atoms with E-state index in [1.54, 1.807) is 39.0 Å². The summed E-state index contributed by atoms with van der Waals surface area (Å²) >= 11 is 0. The first kappa shape index (κ1) is 17.9. The second-order valence-electron chi connectivity index (χ2n) is 7.17. The monoisotopic (exact) mass is 355 g/mol. The van der Waals surface area contributed by atoms with Crippen LogP contribution in [0.3, 0.4) is 0 Å². The van der Waals surface area contributed by atoms with Crippen molar-refractivity contribution in [1.82, 2.24) is 0 Å². The van der Waals surface area contributed by atoms with E-state index < -0.39 is 23.0 Å². The molecular weight excluding hydrogens is 334 g/mol. The molecule has 0 unspecified atom stereocenters. The number of carbonyl (C=O) groups is 3. The Kier molecular flexibility index (Phi) is 4.22. The maximum atomic E-state index is 13.2. The van der Waals surface area contributed by atoms with E-state index in [1.807, 2.05) is 6.92 Å².